The predicted molar refractivity (Wildman–Crippen MR) is 83.0 cm³/mol. The van der Waals surface area contributed by atoms with E-state index in [0.717, 1.165) is 18.2 Å². The summed E-state index contributed by atoms with van der Waals surface area (Å²) in [6.07, 6.45) is 2.54. The number of hydrogen-bond acceptors (Lipinski definition) is 3. The standard InChI is InChI=1S/C16H15ClN2O3/c17-11-5-3-10-4-6-12(18-13(10)8-11)15(20)19-14(16(21)22)7-9-1-2-9/h3-6,8-9,14H,1-2,7H2,(H,19,20)(H,21,22). The molecule has 0 spiro atoms. The zero-order valence-electron chi connectivity index (χ0n) is 11.8. The van der Waals surface area contributed by atoms with Crippen LogP contribution < -0.4 is 5.32 Å². The van der Waals surface area contributed by atoms with Crippen molar-refractivity contribution in [1.82, 2.24) is 10.3 Å². The molecule has 1 heterocycles. The predicted octanol–water partition coefficient (Wildman–Crippen LogP) is 2.87. The van der Waals surface area contributed by atoms with Crippen LogP contribution in [0.2, 0.25) is 5.02 Å². The molecule has 114 valence electrons. The topological polar surface area (TPSA) is 79.3 Å². The number of carboxylic acids is 1. The molecule has 1 fully saturated rings. The molecule has 0 saturated heterocycles. The Labute approximate surface area is 132 Å². The first-order valence-corrected chi connectivity index (χ1v) is 7.51. The molecular formula is C16H15ClN2O3. The minimum atomic E-state index is -1.01. The average molecular weight is 319 g/mol. The average Bonchev–Trinajstić information content (AvgIpc) is 3.29. The number of rotatable bonds is 5. The van der Waals surface area contributed by atoms with Crippen molar-refractivity contribution in [2.24, 2.45) is 5.92 Å². The van der Waals surface area contributed by atoms with Crippen LogP contribution in [-0.2, 0) is 4.79 Å². The molecule has 1 aromatic carbocycles. The van der Waals surface area contributed by atoms with Gasteiger partial charge in [0.1, 0.15) is 11.7 Å². The maximum absolute atomic E-state index is 12.2. The van der Waals surface area contributed by atoms with Crippen LogP contribution in [-0.4, -0.2) is 28.0 Å². The molecular weight excluding hydrogens is 304 g/mol. The summed E-state index contributed by atoms with van der Waals surface area (Å²) in [6, 6.07) is 7.73. The largest absolute Gasteiger partial charge is 0.480 e. The summed E-state index contributed by atoms with van der Waals surface area (Å²) >= 11 is 5.92. The number of benzene rings is 1. The fraction of sp³-hybridized carbons (Fsp3) is 0.312. The number of aromatic nitrogens is 1. The van der Waals surface area contributed by atoms with Gasteiger partial charge in [-0.15, -0.1) is 0 Å². The van der Waals surface area contributed by atoms with Crippen molar-refractivity contribution in [2.75, 3.05) is 0 Å². The molecule has 0 radical (unpaired) electrons. The minimum absolute atomic E-state index is 0.191. The Morgan fingerprint density at radius 2 is 2.05 bits per heavy atom. The van der Waals surface area contributed by atoms with Gasteiger partial charge in [-0.3, -0.25) is 4.79 Å². The van der Waals surface area contributed by atoms with Gasteiger partial charge in [-0.05, 0) is 30.5 Å². The number of nitrogens with zero attached hydrogens (tertiary/aromatic N) is 1. The van der Waals surface area contributed by atoms with Crippen molar-refractivity contribution < 1.29 is 14.7 Å². The monoisotopic (exact) mass is 318 g/mol. The molecule has 1 aliphatic carbocycles. The molecule has 1 amide bonds. The van der Waals surface area contributed by atoms with Crippen molar-refractivity contribution in [1.29, 1.82) is 0 Å². The van der Waals surface area contributed by atoms with Gasteiger partial charge in [-0.2, -0.15) is 0 Å². The second-order valence-corrected chi connectivity index (χ2v) is 6.01. The Morgan fingerprint density at radius 3 is 2.73 bits per heavy atom. The van der Waals surface area contributed by atoms with Crippen LogP contribution in [0, 0.1) is 5.92 Å². The van der Waals surface area contributed by atoms with Crippen LogP contribution in [0.1, 0.15) is 29.8 Å². The number of nitrogens with one attached hydrogen (secondary N) is 1. The first-order chi connectivity index (χ1) is 10.5. The smallest absolute Gasteiger partial charge is 0.326 e. The molecule has 1 aliphatic rings. The van der Waals surface area contributed by atoms with Gasteiger partial charge in [-0.25, -0.2) is 9.78 Å². The number of halogens is 1. The van der Waals surface area contributed by atoms with E-state index in [1.165, 1.54) is 0 Å². The highest BCUT2D eigenvalue weighted by atomic mass is 35.5. The molecule has 1 unspecified atom stereocenters. The van der Waals surface area contributed by atoms with Gasteiger partial charge in [0.15, 0.2) is 0 Å². The van der Waals surface area contributed by atoms with Gasteiger partial charge in [0, 0.05) is 10.4 Å². The molecule has 1 aromatic heterocycles. The summed E-state index contributed by atoms with van der Waals surface area (Å²) in [5.41, 5.74) is 0.797. The number of amides is 1. The number of carboxylic acid groups (broad SMARTS) is 1. The summed E-state index contributed by atoms with van der Waals surface area (Å²) in [6.45, 7) is 0. The molecule has 0 bridgehead atoms. The Morgan fingerprint density at radius 1 is 1.32 bits per heavy atom. The highest BCUT2D eigenvalue weighted by Crippen LogP contribution is 2.33. The molecule has 2 N–H and O–H groups in total. The van der Waals surface area contributed by atoms with Crippen molar-refractivity contribution >= 4 is 34.4 Å². The van der Waals surface area contributed by atoms with Gasteiger partial charge in [0.05, 0.1) is 5.52 Å². The highest BCUT2D eigenvalue weighted by Gasteiger charge is 2.30. The lowest BCUT2D eigenvalue weighted by Crippen LogP contribution is -2.41. The lowest BCUT2D eigenvalue weighted by molar-refractivity contribution is -0.139. The number of carbonyl (C=O) groups excluding carboxylic acids is 1. The Kier molecular flexibility index (Phi) is 3.98. The van der Waals surface area contributed by atoms with E-state index in [9.17, 15) is 14.7 Å². The molecule has 3 rings (SSSR count). The Bertz CT molecular complexity index is 743. The zero-order valence-corrected chi connectivity index (χ0v) is 12.5. The van der Waals surface area contributed by atoms with E-state index in [4.69, 9.17) is 11.6 Å². The summed E-state index contributed by atoms with van der Waals surface area (Å²) in [5, 5.41) is 13.2. The highest BCUT2D eigenvalue weighted by molar-refractivity contribution is 6.31. The molecule has 1 saturated carbocycles. The van der Waals surface area contributed by atoms with E-state index in [0.29, 0.717) is 22.9 Å². The van der Waals surface area contributed by atoms with E-state index in [2.05, 4.69) is 10.3 Å². The molecule has 2 aromatic rings. The normalized spacial score (nSPS) is 15.5. The van der Waals surface area contributed by atoms with E-state index < -0.39 is 17.9 Å². The molecule has 1 atom stereocenters. The van der Waals surface area contributed by atoms with Crippen molar-refractivity contribution in [3.8, 4) is 0 Å². The van der Waals surface area contributed by atoms with Gasteiger partial charge in [0.25, 0.3) is 5.91 Å². The lowest BCUT2D eigenvalue weighted by atomic mass is 10.1. The third-order valence-corrected chi connectivity index (χ3v) is 3.99. The third-order valence-electron chi connectivity index (χ3n) is 3.76. The SMILES string of the molecule is O=C(NC(CC1CC1)C(=O)O)c1ccc2ccc(Cl)cc2n1. The van der Waals surface area contributed by atoms with E-state index >= 15 is 0 Å². The van der Waals surface area contributed by atoms with Crippen LogP contribution in [0.15, 0.2) is 30.3 Å². The van der Waals surface area contributed by atoms with Crippen LogP contribution in [0.3, 0.4) is 0 Å². The maximum atomic E-state index is 12.2. The third kappa shape index (κ3) is 3.36. The Hall–Kier alpha value is -2.14. The molecule has 0 aliphatic heterocycles. The number of pyridine rings is 1. The molecule has 6 heteroatoms. The number of carbonyl (C=O) groups is 2. The fourth-order valence-corrected chi connectivity index (χ4v) is 2.52. The van der Waals surface area contributed by atoms with E-state index in [-0.39, 0.29) is 5.69 Å². The number of fused-ring (bicyclic) bond motifs is 1. The number of hydrogen-bond donors (Lipinski definition) is 2. The van der Waals surface area contributed by atoms with Crippen molar-refractivity contribution in [3.63, 3.8) is 0 Å². The summed E-state index contributed by atoms with van der Waals surface area (Å²) in [7, 11) is 0. The van der Waals surface area contributed by atoms with E-state index in [1.54, 1.807) is 24.3 Å². The second-order valence-electron chi connectivity index (χ2n) is 5.58. The second kappa shape index (κ2) is 5.93. The Balaban J connectivity index is 1.79. The summed E-state index contributed by atoms with van der Waals surface area (Å²) < 4.78 is 0. The maximum Gasteiger partial charge on any atom is 0.326 e. The van der Waals surface area contributed by atoms with Gasteiger partial charge in [0.2, 0.25) is 0 Å². The van der Waals surface area contributed by atoms with Gasteiger partial charge in [-0.1, -0.05) is 36.6 Å². The van der Waals surface area contributed by atoms with Crippen molar-refractivity contribution in [2.45, 2.75) is 25.3 Å². The first-order valence-electron chi connectivity index (χ1n) is 7.13. The van der Waals surface area contributed by atoms with Gasteiger partial charge < -0.3 is 10.4 Å². The van der Waals surface area contributed by atoms with Gasteiger partial charge >= 0.3 is 5.97 Å². The summed E-state index contributed by atoms with van der Waals surface area (Å²) in [5.74, 6) is -1.08. The minimum Gasteiger partial charge on any atom is -0.480 e. The fourth-order valence-electron chi connectivity index (χ4n) is 2.36. The molecule has 22 heavy (non-hydrogen) atoms. The zero-order chi connectivity index (χ0) is 15.7. The molecule has 5 nitrogen and oxygen atoms in total. The number of aliphatic carboxylic acids is 1. The van der Waals surface area contributed by atoms with Crippen molar-refractivity contribution in [3.05, 3.63) is 41.0 Å². The van der Waals surface area contributed by atoms with E-state index in [1.807, 2.05) is 6.07 Å². The van der Waals surface area contributed by atoms with Crippen LogP contribution in [0.25, 0.3) is 10.9 Å². The van der Waals surface area contributed by atoms with Crippen LogP contribution in [0.5, 0.6) is 0 Å². The summed E-state index contributed by atoms with van der Waals surface area (Å²) in [4.78, 5) is 27.7. The lowest BCUT2D eigenvalue weighted by Gasteiger charge is -2.13. The van der Waals surface area contributed by atoms with Crippen LogP contribution in [0.4, 0.5) is 0 Å². The quantitative estimate of drug-likeness (QED) is 0.888. The van der Waals surface area contributed by atoms with Crippen LogP contribution >= 0.6 is 11.6 Å². The first kappa shape index (κ1) is 14.8.